The van der Waals surface area contributed by atoms with E-state index in [2.05, 4.69) is 45.4 Å². The third-order valence-electron chi connectivity index (χ3n) is 13.5. The summed E-state index contributed by atoms with van der Waals surface area (Å²) in [5.74, 6) is 0.165. The fraction of sp³-hybridized carbons (Fsp3) is 0.473. The molecule has 382 valence electrons. The van der Waals surface area contributed by atoms with Crippen LogP contribution in [0.2, 0.25) is 5.02 Å². The van der Waals surface area contributed by atoms with Gasteiger partial charge in [-0.1, -0.05) is 82.6 Å². The quantitative estimate of drug-likeness (QED) is 0.0631. The van der Waals surface area contributed by atoms with Gasteiger partial charge in [-0.3, -0.25) is 14.4 Å². The Kier molecular flexibility index (Phi) is 18.1. The van der Waals surface area contributed by atoms with E-state index in [1.54, 1.807) is 23.6 Å². The van der Waals surface area contributed by atoms with Gasteiger partial charge in [0, 0.05) is 55.9 Å². The number of likely N-dealkylation sites (tertiary alicyclic amines) is 1. The maximum Gasteiger partial charge on any atom is 0.246 e. The van der Waals surface area contributed by atoms with Crippen molar-refractivity contribution in [1.82, 2.24) is 30.5 Å². The summed E-state index contributed by atoms with van der Waals surface area (Å²) in [4.78, 5) is 59.2. The molecule has 2 fully saturated rings. The molecule has 7 rings (SSSR count). The number of aliphatic hydroxyl groups excluding tert-OH is 1. The van der Waals surface area contributed by atoms with E-state index in [4.69, 9.17) is 30.8 Å². The molecule has 0 bridgehead atoms. The monoisotopic (exact) mass is 1020 g/mol. The van der Waals surface area contributed by atoms with Crippen molar-refractivity contribution in [3.8, 4) is 22.3 Å². The van der Waals surface area contributed by atoms with Gasteiger partial charge in [0.15, 0.2) is 0 Å². The molecule has 3 aromatic carbocycles. The number of nitrogens with zero attached hydrogens (tertiary/aromatic N) is 6. The number of rotatable bonds is 20. The molecule has 4 heterocycles. The highest BCUT2D eigenvalue weighted by atomic mass is 35.5. The molecule has 4 atom stereocenters. The average molecular weight is 1020 g/mol. The number of amides is 3. The van der Waals surface area contributed by atoms with Crippen LogP contribution in [0.25, 0.3) is 10.4 Å². The number of hydrogen-bond donors (Lipinski definition) is 3. The predicted octanol–water partition coefficient (Wildman–Crippen LogP) is 8.49. The Morgan fingerprint density at radius 2 is 1.67 bits per heavy atom. The van der Waals surface area contributed by atoms with Crippen LogP contribution in [0, 0.1) is 23.7 Å². The number of carbonyl (C=O) groups is 3. The van der Waals surface area contributed by atoms with Crippen LogP contribution in [0.4, 0.5) is 5.95 Å². The minimum Gasteiger partial charge on any atom is -0.487 e. The third kappa shape index (κ3) is 14.0. The lowest BCUT2D eigenvalue weighted by molar-refractivity contribution is -0.144. The zero-order valence-electron chi connectivity index (χ0n) is 42.3. The summed E-state index contributed by atoms with van der Waals surface area (Å²) < 4.78 is 18.0. The van der Waals surface area contributed by atoms with Crippen LogP contribution >= 0.6 is 22.9 Å². The number of carbonyl (C=O) groups excluding carboxylic acids is 3. The molecule has 1 unspecified atom stereocenters. The van der Waals surface area contributed by atoms with E-state index >= 15 is 0 Å². The molecule has 3 N–H and O–H groups in total. The van der Waals surface area contributed by atoms with Crippen LogP contribution < -0.4 is 20.3 Å². The Hall–Kier alpha value is -5.96. The molecule has 17 heteroatoms. The molecule has 15 nitrogen and oxygen atoms in total. The largest absolute Gasteiger partial charge is 0.487 e. The highest BCUT2D eigenvalue weighted by Crippen LogP contribution is 2.35. The van der Waals surface area contributed by atoms with E-state index in [0.717, 1.165) is 76.6 Å². The molecule has 72 heavy (non-hydrogen) atoms. The molecule has 0 radical (unpaired) electrons. The van der Waals surface area contributed by atoms with Gasteiger partial charge >= 0.3 is 0 Å². The van der Waals surface area contributed by atoms with Crippen molar-refractivity contribution in [3.63, 3.8) is 0 Å². The van der Waals surface area contributed by atoms with Gasteiger partial charge in [0.05, 0.1) is 51.7 Å². The average Bonchev–Trinajstić information content (AvgIpc) is 3.99. The smallest absolute Gasteiger partial charge is 0.246 e. The molecule has 0 saturated carbocycles. The van der Waals surface area contributed by atoms with Gasteiger partial charge in [-0.25, -0.2) is 15.0 Å². The highest BCUT2D eigenvalue weighted by molar-refractivity contribution is 7.13. The van der Waals surface area contributed by atoms with Crippen molar-refractivity contribution in [1.29, 1.82) is 5.26 Å². The lowest BCUT2D eigenvalue weighted by atomic mass is 9.78. The van der Waals surface area contributed by atoms with Gasteiger partial charge in [0.2, 0.25) is 23.7 Å². The number of nitrogens with one attached hydrogen (secondary N) is 2. The van der Waals surface area contributed by atoms with Gasteiger partial charge in [0.25, 0.3) is 0 Å². The number of piperidine rings is 1. The van der Waals surface area contributed by atoms with E-state index in [1.807, 2.05) is 107 Å². The molecular weight excluding hydrogens is 952 g/mol. The van der Waals surface area contributed by atoms with E-state index in [-0.39, 0.29) is 43.0 Å². The van der Waals surface area contributed by atoms with Crippen molar-refractivity contribution >= 4 is 46.6 Å². The van der Waals surface area contributed by atoms with Crippen LogP contribution in [-0.2, 0) is 35.9 Å². The standard InChI is InChI=1S/C55H67ClN8O7S/c1-35(38-10-12-39(13-11-38)49-36(2)59-34-72-49)60-51(67)47-29-44(65)31-64(47)52(68)50(54(3,4)5)62-48(66)33-69-24-8-9-25-70-46-19-22-63(23-20-46)53-58-21-18-43(61-53)32-71-45-16-14-40(15-17-45)55(6,7)41-26-37(30-57)27-42(56)28-41/h10-18,21,26-28,34-35,44,46-47,50,65H,8-9,19-20,22-25,29,31-33H2,1-7H3,(H,60,67)(H,62,66)/t35-,44+,47-,50?/m0/s1. The number of aromatic nitrogens is 3. The lowest BCUT2D eigenvalue weighted by Crippen LogP contribution is -2.58. The number of unbranched alkanes of at least 4 members (excludes halogenated alkanes) is 1. The summed E-state index contributed by atoms with van der Waals surface area (Å²) in [6.45, 7) is 16.1. The summed E-state index contributed by atoms with van der Waals surface area (Å²) >= 11 is 7.88. The molecule has 2 saturated heterocycles. The van der Waals surface area contributed by atoms with E-state index < -0.39 is 35.4 Å². The highest BCUT2D eigenvalue weighted by Gasteiger charge is 2.45. The molecule has 0 aliphatic carbocycles. The molecule has 5 aromatic rings. The first-order chi connectivity index (χ1) is 34.4. The summed E-state index contributed by atoms with van der Waals surface area (Å²) in [6, 6.07) is 23.2. The summed E-state index contributed by atoms with van der Waals surface area (Å²) in [7, 11) is 0. The van der Waals surface area contributed by atoms with Gasteiger partial charge in [-0.15, -0.1) is 11.3 Å². The number of anilines is 1. The van der Waals surface area contributed by atoms with E-state index in [9.17, 15) is 24.8 Å². The number of aryl methyl sites for hydroxylation is 1. The minimum atomic E-state index is -0.948. The van der Waals surface area contributed by atoms with Gasteiger partial charge < -0.3 is 39.8 Å². The van der Waals surface area contributed by atoms with Crippen molar-refractivity contribution in [3.05, 3.63) is 123 Å². The molecule has 2 aromatic heterocycles. The first-order valence-corrected chi connectivity index (χ1v) is 25.9. The lowest BCUT2D eigenvalue weighted by Gasteiger charge is -2.35. The fourth-order valence-electron chi connectivity index (χ4n) is 9.09. The number of β-amino-alcohol motifs (C(OH)–C–C–N with tert-alkyl or cyclic N) is 1. The maximum absolute atomic E-state index is 14.1. The van der Waals surface area contributed by atoms with Crippen LogP contribution in [0.15, 0.2) is 84.5 Å². The van der Waals surface area contributed by atoms with Crippen LogP contribution in [0.5, 0.6) is 5.75 Å². The first-order valence-electron chi connectivity index (χ1n) is 24.7. The van der Waals surface area contributed by atoms with Crippen LogP contribution in [0.1, 0.15) is 113 Å². The number of halogens is 1. The SMILES string of the molecule is Cc1ncsc1-c1ccc([C@H](C)NC(=O)[C@@H]2C[C@@H](O)CN2C(=O)C(NC(=O)COCCCCOC2CCN(c3nccc(COc4ccc(C(C)(C)c5cc(Cl)cc(C#N)c5)cc4)n3)CC2)C(C)(C)C)cc1. The number of benzene rings is 3. The third-order valence-corrected chi connectivity index (χ3v) is 14.7. The van der Waals surface area contributed by atoms with Crippen molar-refractivity contribution in [2.45, 2.75) is 123 Å². The second-order valence-corrected chi connectivity index (χ2v) is 21.6. The molecular formula is C55H67ClN8O7S. The molecule has 2 aliphatic rings. The molecule has 3 amide bonds. The van der Waals surface area contributed by atoms with Crippen LogP contribution in [0.3, 0.4) is 0 Å². The second-order valence-electron chi connectivity index (χ2n) is 20.3. The van der Waals surface area contributed by atoms with Gasteiger partial charge in [0.1, 0.15) is 31.0 Å². The topological polar surface area (TPSA) is 192 Å². The first kappa shape index (κ1) is 53.8. The van der Waals surface area contributed by atoms with Crippen molar-refractivity contribution in [2.75, 3.05) is 44.4 Å². The maximum atomic E-state index is 14.1. The van der Waals surface area contributed by atoms with E-state index in [0.29, 0.717) is 42.8 Å². The Morgan fingerprint density at radius 1 is 0.944 bits per heavy atom. The number of thiazole rings is 1. The fourth-order valence-corrected chi connectivity index (χ4v) is 10.1. The molecule has 0 spiro atoms. The summed E-state index contributed by atoms with van der Waals surface area (Å²) in [5, 5.41) is 26.5. The van der Waals surface area contributed by atoms with Crippen molar-refractivity contribution in [2.24, 2.45) is 5.41 Å². The van der Waals surface area contributed by atoms with Gasteiger partial charge in [-0.2, -0.15) is 5.26 Å². The summed E-state index contributed by atoms with van der Waals surface area (Å²) in [5.41, 5.74) is 7.02. The Balaban J connectivity index is 0.786. The normalized spacial score (nSPS) is 17.3. The predicted molar refractivity (Wildman–Crippen MR) is 279 cm³/mol. The van der Waals surface area contributed by atoms with Crippen molar-refractivity contribution < 1.29 is 33.7 Å². The zero-order valence-corrected chi connectivity index (χ0v) is 43.9. The second kappa shape index (κ2) is 24.2. The van der Waals surface area contributed by atoms with Gasteiger partial charge in [-0.05, 0) is 104 Å². The Bertz CT molecular complexity index is 2680. The minimum absolute atomic E-state index is 0.00888. The Morgan fingerprint density at radius 3 is 2.35 bits per heavy atom. The van der Waals surface area contributed by atoms with E-state index in [1.165, 1.54) is 4.90 Å². The number of nitriles is 1. The number of ether oxygens (including phenoxy) is 3. The Labute approximate surface area is 432 Å². The number of aliphatic hydroxyl groups is 1. The van der Waals surface area contributed by atoms with Crippen LogP contribution in [-0.4, -0.2) is 106 Å². The summed E-state index contributed by atoms with van der Waals surface area (Å²) in [6.07, 6.45) is 4.25. The number of hydrogen-bond acceptors (Lipinski definition) is 13. The molecule has 2 aliphatic heterocycles. The zero-order chi connectivity index (χ0) is 51.6.